The summed E-state index contributed by atoms with van der Waals surface area (Å²) in [6.45, 7) is 5.90. The second-order valence-electron chi connectivity index (χ2n) is 6.64. The topological polar surface area (TPSA) is 84.1 Å². The quantitative estimate of drug-likeness (QED) is 0.618. The number of hydrogen-bond acceptors (Lipinski definition) is 4. The van der Waals surface area contributed by atoms with Crippen LogP contribution < -0.4 is 5.32 Å². The maximum atomic E-state index is 12.5. The van der Waals surface area contributed by atoms with Gasteiger partial charge in [0.2, 0.25) is 5.91 Å². The second-order valence-corrected chi connectivity index (χ2v) is 6.64. The van der Waals surface area contributed by atoms with E-state index in [9.17, 15) is 9.59 Å². The van der Waals surface area contributed by atoms with Crippen molar-refractivity contribution < 1.29 is 14.3 Å². The first-order valence-corrected chi connectivity index (χ1v) is 8.99. The molecule has 0 radical (unpaired) electrons. The van der Waals surface area contributed by atoms with Crippen molar-refractivity contribution in [3.05, 3.63) is 17.0 Å². The Balaban J connectivity index is 2.06. The minimum absolute atomic E-state index is 0.148. The lowest BCUT2D eigenvalue weighted by Crippen LogP contribution is -2.47. The van der Waals surface area contributed by atoms with Crippen LogP contribution in [0.1, 0.15) is 62.4 Å². The molecule has 134 valence electrons. The second kappa shape index (κ2) is 8.85. The molecule has 0 aliphatic heterocycles. The van der Waals surface area contributed by atoms with E-state index in [1.165, 1.54) is 12.8 Å². The van der Waals surface area contributed by atoms with E-state index in [0.29, 0.717) is 6.61 Å². The van der Waals surface area contributed by atoms with Crippen LogP contribution in [0.5, 0.6) is 0 Å². The van der Waals surface area contributed by atoms with E-state index < -0.39 is 6.04 Å². The number of rotatable bonds is 6. The van der Waals surface area contributed by atoms with Gasteiger partial charge in [0.1, 0.15) is 6.04 Å². The summed E-state index contributed by atoms with van der Waals surface area (Å²) in [4.78, 5) is 24.9. The Labute approximate surface area is 143 Å². The summed E-state index contributed by atoms with van der Waals surface area (Å²) in [5.41, 5.74) is 2.62. The van der Waals surface area contributed by atoms with Gasteiger partial charge >= 0.3 is 5.97 Å². The molecule has 0 saturated heterocycles. The fourth-order valence-electron chi connectivity index (χ4n) is 3.47. The fraction of sp³-hybridized carbons (Fsp3) is 0.722. The average Bonchev–Trinajstić information content (AvgIpc) is 2.77. The van der Waals surface area contributed by atoms with Gasteiger partial charge in [-0.05, 0) is 39.5 Å². The summed E-state index contributed by atoms with van der Waals surface area (Å²) in [5, 5.41) is 9.94. The van der Waals surface area contributed by atoms with Crippen LogP contribution in [0.15, 0.2) is 0 Å². The maximum Gasteiger partial charge on any atom is 0.328 e. The zero-order valence-electron chi connectivity index (χ0n) is 15.0. The standard InChI is InChI=1S/C18H29N3O3/c1-4-24-18(23)17(14-9-7-5-6-8-10-14)19-16(22)11-15-12(2)20-21-13(15)3/h14,17H,4-11H2,1-3H3,(H,19,22)(H,20,21). The Kier molecular flexibility index (Phi) is 6.82. The molecule has 0 bridgehead atoms. The number of carbonyl (C=O) groups excluding carboxylic acids is 2. The van der Waals surface area contributed by atoms with Gasteiger partial charge in [0.05, 0.1) is 18.7 Å². The molecule has 1 amide bonds. The Morgan fingerprint density at radius 3 is 2.46 bits per heavy atom. The van der Waals surface area contributed by atoms with Gasteiger partial charge in [-0.25, -0.2) is 4.79 Å². The molecule has 1 aromatic heterocycles. The molecule has 6 heteroatoms. The van der Waals surface area contributed by atoms with Gasteiger partial charge in [0.15, 0.2) is 0 Å². The lowest BCUT2D eigenvalue weighted by atomic mass is 9.91. The van der Waals surface area contributed by atoms with Crippen LogP contribution >= 0.6 is 0 Å². The first-order valence-electron chi connectivity index (χ1n) is 8.99. The molecule has 1 aromatic rings. The normalized spacial score (nSPS) is 17.1. The molecular formula is C18H29N3O3. The third-order valence-corrected chi connectivity index (χ3v) is 4.85. The third kappa shape index (κ3) is 4.82. The van der Waals surface area contributed by atoms with Crippen LogP contribution in [0, 0.1) is 19.8 Å². The smallest absolute Gasteiger partial charge is 0.328 e. The number of aryl methyl sites for hydroxylation is 2. The van der Waals surface area contributed by atoms with Crippen molar-refractivity contribution in [3.8, 4) is 0 Å². The first kappa shape index (κ1) is 18.5. The molecule has 1 aliphatic carbocycles. The molecule has 2 N–H and O–H groups in total. The lowest BCUT2D eigenvalue weighted by Gasteiger charge is -2.25. The fourth-order valence-corrected chi connectivity index (χ4v) is 3.47. The van der Waals surface area contributed by atoms with Crippen molar-refractivity contribution >= 4 is 11.9 Å². The van der Waals surface area contributed by atoms with E-state index in [1.807, 2.05) is 13.8 Å². The maximum absolute atomic E-state index is 12.5. The number of hydrogen-bond donors (Lipinski definition) is 2. The SMILES string of the molecule is CCOC(=O)C(NC(=O)Cc1c(C)n[nH]c1C)C1CCCCCC1. The lowest BCUT2D eigenvalue weighted by molar-refractivity contribution is -0.149. The zero-order valence-corrected chi connectivity index (χ0v) is 15.0. The highest BCUT2D eigenvalue weighted by molar-refractivity contribution is 5.86. The van der Waals surface area contributed by atoms with E-state index >= 15 is 0 Å². The van der Waals surface area contributed by atoms with E-state index in [2.05, 4.69) is 15.5 Å². The summed E-state index contributed by atoms with van der Waals surface area (Å²) < 4.78 is 5.21. The van der Waals surface area contributed by atoms with Crippen molar-refractivity contribution in [1.29, 1.82) is 0 Å². The number of nitrogens with zero attached hydrogens (tertiary/aromatic N) is 1. The average molecular weight is 335 g/mol. The van der Waals surface area contributed by atoms with Crippen LogP contribution in [0.3, 0.4) is 0 Å². The molecule has 1 saturated carbocycles. The van der Waals surface area contributed by atoms with Gasteiger partial charge in [0, 0.05) is 11.3 Å². The van der Waals surface area contributed by atoms with Crippen molar-refractivity contribution in [2.24, 2.45) is 5.92 Å². The zero-order chi connectivity index (χ0) is 17.5. The molecule has 0 spiro atoms. The number of H-pyrrole nitrogens is 1. The summed E-state index contributed by atoms with van der Waals surface area (Å²) in [7, 11) is 0. The van der Waals surface area contributed by atoms with Gasteiger partial charge in [-0.2, -0.15) is 5.10 Å². The van der Waals surface area contributed by atoms with Gasteiger partial charge in [0.25, 0.3) is 0 Å². The Bertz CT molecular complexity index is 540. The highest BCUT2D eigenvalue weighted by atomic mass is 16.5. The Morgan fingerprint density at radius 2 is 1.92 bits per heavy atom. The molecule has 1 fully saturated rings. The molecule has 6 nitrogen and oxygen atoms in total. The summed E-state index contributed by atoms with van der Waals surface area (Å²) in [6.07, 6.45) is 6.78. The van der Waals surface area contributed by atoms with E-state index in [0.717, 1.165) is 42.6 Å². The largest absolute Gasteiger partial charge is 0.464 e. The highest BCUT2D eigenvalue weighted by Crippen LogP contribution is 2.26. The predicted molar refractivity (Wildman–Crippen MR) is 91.5 cm³/mol. The molecule has 0 aromatic carbocycles. The van der Waals surface area contributed by atoms with E-state index in [4.69, 9.17) is 4.74 Å². The van der Waals surface area contributed by atoms with Gasteiger partial charge in [-0.3, -0.25) is 9.89 Å². The molecule has 24 heavy (non-hydrogen) atoms. The van der Waals surface area contributed by atoms with Gasteiger partial charge in [-0.1, -0.05) is 25.7 Å². The molecule has 1 atom stereocenters. The van der Waals surface area contributed by atoms with Crippen LogP contribution in [-0.2, 0) is 20.7 Å². The van der Waals surface area contributed by atoms with Crippen molar-refractivity contribution in [1.82, 2.24) is 15.5 Å². The van der Waals surface area contributed by atoms with Crippen LogP contribution in [0.4, 0.5) is 0 Å². The Morgan fingerprint density at radius 1 is 1.25 bits per heavy atom. The minimum atomic E-state index is -0.539. The summed E-state index contributed by atoms with van der Waals surface area (Å²) in [5.74, 6) is -0.287. The van der Waals surface area contributed by atoms with E-state index in [-0.39, 0.29) is 24.2 Å². The molecule has 1 unspecified atom stereocenters. The summed E-state index contributed by atoms with van der Waals surface area (Å²) in [6, 6.07) is -0.539. The Hall–Kier alpha value is -1.85. The number of aromatic amines is 1. The monoisotopic (exact) mass is 335 g/mol. The molecule has 2 rings (SSSR count). The van der Waals surface area contributed by atoms with E-state index in [1.54, 1.807) is 6.92 Å². The number of nitrogens with one attached hydrogen (secondary N) is 2. The van der Waals surface area contributed by atoms with Gasteiger partial charge in [-0.15, -0.1) is 0 Å². The molecule has 1 aliphatic rings. The number of amides is 1. The van der Waals surface area contributed by atoms with Crippen LogP contribution in [0.2, 0.25) is 0 Å². The number of aromatic nitrogens is 2. The van der Waals surface area contributed by atoms with Crippen LogP contribution in [0.25, 0.3) is 0 Å². The third-order valence-electron chi connectivity index (χ3n) is 4.85. The van der Waals surface area contributed by atoms with Crippen LogP contribution in [-0.4, -0.2) is 34.7 Å². The van der Waals surface area contributed by atoms with Gasteiger partial charge < -0.3 is 10.1 Å². The minimum Gasteiger partial charge on any atom is -0.464 e. The molecular weight excluding hydrogens is 306 g/mol. The highest BCUT2D eigenvalue weighted by Gasteiger charge is 2.31. The van der Waals surface area contributed by atoms with Crippen molar-refractivity contribution in [3.63, 3.8) is 0 Å². The number of ether oxygens (including phenoxy) is 1. The van der Waals surface area contributed by atoms with Crippen molar-refractivity contribution in [2.45, 2.75) is 71.8 Å². The predicted octanol–water partition coefficient (Wildman–Crippen LogP) is 2.59. The number of carbonyl (C=O) groups is 2. The summed E-state index contributed by atoms with van der Waals surface area (Å²) >= 11 is 0. The van der Waals surface area contributed by atoms with Crippen molar-refractivity contribution in [2.75, 3.05) is 6.61 Å². The number of esters is 1. The molecule has 1 heterocycles. The first-order chi connectivity index (χ1) is 11.5.